The molecule has 3 aromatic carbocycles. The van der Waals surface area contributed by atoms with E-state index in [1.54, 1.807) is 36.4 Å². The molecular formula is C24H22ClF3N4O2. The van der Waals surface area contributed by atoms with E-state index in [0.717, 1.165) is 22.6 Å². The van der Waals surface area contributed by atoms with Crippen molar-refractivity contribution in [2.24, 2.45) is 0 Å². The van der Waals surface area contributed by atoms with Crippen LogP contribution in [0, 0.1) is 6.92 Å². The van der Waals surface area contributed by atoms with E-state index in [1.807, 2.05) is 19.1 Å². The minimum atomic E-state index is -4.57. The van der Waals surface area contributed by atoms with Gasteiger partial charge in [0.2, 0.25) is 0 Å². The zero-order valence-electron chi connectivity index (χ0n) is 18.1. The number of hydrogen-bond acceptors (Lipinski definition) is 2. The molecule has 6 nitrogen and oxygen atoms in total. The summed E-state index contributed by atoms with van der Waals surface area (Å²) in [4.78, 5) is 26.3. The van der Waals surface area contributed by atoms with Gasteiger partial charge >= 0.3 is 18.2 Å². The first-order valence-electron chi connectivity index (χ1n) is 10.3. The van der Waals surface area contributed by atoms with Gasteiger partial charge in [0.05, 0.1) is 5.56 Å². The molecular weight excluding hydrogens is 469 g/mol. The van der Waals surface area contributed by atoms with E-state index in [9.17, 15) is 22.8 Å². The number of amides is 4. The zero-order chi connectivity index (χ0) is 24.7. The number of halogens is 4. The van der Waals surface area contributed by atoms with Gasteiger partial charge in [-0.3, -0.25) is 4.90 Å². The van der Waals surface area contributed by atoms with Crippen LogP contribution >= 0.6 is 11.6 Å². The van der Waals surface area contributed by atoms with Gasteiger partial charge in [-0.05, 0) is 61.0 Å². The average molecular weight is 491 g/mol. The third-order valence-corrected chi connectivity index (χ3v) is 5.09. The molecule has 0 saturated carbocycles. The minimum absolute atomic E-state index is 0.0119. The Hall–Kier alpha value is -3.72. The SMILES string of the molecule is Cc1ccccc1NC(=O)NCCN(C(=O)Nc1ccc(Cl)cc1)c1cccc(C(F)(F)F)c1. The quantitative estimate of drug-likeness (QED) is 0.367. The van der Waals surface area contributed by atoms with Crippen LogP contribution in [0.2, 0.25) is 5.02 Å². The molecule has 0 atom stereocenters. The van der Waals surface area contributed by atoms with Gasteiger partial charge in [-0.1, -0.05) is 35.9 Å². The highest BCUT2D eigenvalue weighted by Crippen LogP contribution is 2.31. The summed E-state index contributed by atoms with van der Waals surface area (Å²) in [7, 11) is 0. The molecule has 0 aromatic heterocycles. The number of nitrogens with zero attached hydrogens (tertiary/aromatic N) is 1. The predicted octanol–water partition coefficient (Wildman–Crippen LogP) is 6.53. The number of para-hydroxylation sites is 1. The number of benzene rings is 3. The maximum Gasteiger partial charge on any atom is 0.416 e. The Kier molecular flexibility index (Phi) is 8.01. The average Bonchev–Trinajstić information content (AvgIpc) is 2.79. The summed E-state index contributed by atoms with van der Waals surface area (Å²) in [6, 6.07) is 16.7. The first-order chi connectivity index (χ1) is 16.1. The number of urea groups is 2. The van der Waals surface area contributed by atoms with Crippen LogP contribution in [0.4, 0.5) is 39.8 Å². The molecule has 0 aliphatic rings. The topological polar surface area (TPSA) is 73.5 Å². The number of nitrogens with one attached hydrogen (secondary N) is 3. The highest BCUT2D eigenvalue weighted by Gasteiger charge is 2.31. The molecule has 0 saturated heterocycles. The smallest absolute Gasteiger partial charge is 0.336 e. The van der Waals surface area contributed by atoms with Crippen molar-refractivity contribution in [2.75, 3.05) is 28.6 Å². The van der Waals surface area contributed by atoms with Crippen molar-refractivity contribution >= 4 is 40.7 Å². The van der Waals surface area contributed by atoms with Crippen LogP contribution in [0.5, 0.6) is 0 Å². The van der Waals surface area contributed by atoms with Crippen molar-refractivity contribution in [3.63, 3.8) is 0 Å². The molecule has 0 aliphatic heterocycles. The monoisotopic (exact) mass is 490 g/mol. The van der Waals surface area contributed by atoms with Crippen LogP contribution in [0.15, 0.2) is 72.8 Å². The van der Waals surface area contributed by atoms with Gasteiger partial charge in [-0.2, -0.15) is 13.2 Å². The number of hydrogen-bond donors (Lipinski definition) is 3. The second-order valence-electron chi connectivity index (χ2n) is 7.33. The van der Waals surface area contributed by atoms with Crippen LogP contribution < -0.4 is 20.9 Å². The van der Waals surface area contributed by atoms with Crippen molar-refractivity contribution in [2.45, 2.75) is 13.1 Å². The third-order valence-electron chi connectivity index (χ3n) is 4.84. The molecule has 0 unspecified atom stereocenters. The van der Waals surface area contributed by atoms with E-state index in [-0.39, 0.29) is 18.8 Å². The molecule has 3 rings (SSSR count). The third kappa shape index (κ3) is 6.89. The van der Waals surface area contributed by atoms with Gasteiger partial charge in [0.25, 0.3) is 0 Å². The summed E-state index contributed by atoms with van der Waals surface area (Å²) in [5, 5.41) is 8.41. The first-order valence-corrected chi connectivity index (χ1v) is 10.6. The van der Waals surface area contributed by atoms with Crippen molar-refractivity contribution in [1.29, 1.82) is 0 Å². The molecule has 178 valence electrons. The van der Waals surface area contributed by atoms with E-state index in [2.05, 4.69) is 16.0 Å². The predicted molar refractivity (Wildman–Crippen MR) is 127 cm³/mol. The lowest BCUT2D eigenvalue weighted by Gasteiger charge is -2.24. The number of carbonyl (C=O) groups is 2. The van der Waals surface area contributed by atoms with E-state index in [0.29, 0.717) is 16.4 Å². The fourth-order valence-corrected chi connectivity index (χ4v) is 3.21. The fourth-order valence-electron chi connectivity index (χ4n) is 3.08. The Morgan fingerprint density at radius 2 is 1.65 bits per heavy atom. The highest BCUT2D eigenvalue weighted by molar-refractivity contribution is 6.30. The number of carbonyl (C=O) groups excluding carboxylic acids is 2. The van der Waals surface area contributed by atoms with Crippen LogP contribution in [-0.2, 0) is 6.18 Å². The summed E-state index contributed by atoms with van der Waals surface area (Å²) >= 11 is 5.86. The second kappa shape index (κ2) is 10.9. The number of rotatable bonds is 6. The number of alkyl halides is 3. The van der Waals surface area contributed by atoms with E-state index >= 15 is 0 Å². The lowest BCUT2D eigenvalue weighted by molar-refractivity contribution is -0.137. The summed E-state index contributed by atoms with van der Waals surface area (Å²) in [5.74, 6) is 0. The molecule has 0 spiro atoms. The molecule has 4 amide bonds. The Bertz CT molecular complexity index is 1150. The maximum absolute atomic E-state index is 13.2. The number of aryl methyl sites for hydroxylation is 1. The van der Waals surface area contributed by atoms with Gasteiger partial charge < -0.3 is 16.0 Å². The second-order valence-corrected chi connectivity index (χ2v) is 7.77. The summed E-state index contributed by atoms with van der Waals surface area (Å²) in [6.07, 6.45) is -4.57. The van der Waals surface area contributed by atoms with Crippen molar-refractivity contribution < 1.29 is 22.8 Å². The summed E-state index contributed by atoms with van der Waals surface area (Å²) in [6.45, 7) is 1.75. The van der Waals surface area contributed by atoms with Crippen molar-refractivity contribution in [3.05, 3.63) is 88.9 Å². The molecule has 0 fully saturated rings. The molecule has 0 heterocycles. The van der Waals surface area contributed by atoms with Crippen molar-refractivity contribution in [3.8, 4) is 0 Å². The molecule has 3 N–H and O–H groups in total. The van der Waals surface area contributed by atoms with Crippen LogP contribution in [0.1, 0.15) is 11.1 Å². The Morgan fingerprint density at radius 3 is 2.32 bits per heavy atom. The molecule has 0 radical (unpaired) electrons. The van der Waals surface area contributed by atoms with E-state index in [4.69, 9.17) is 11.6 Å². The van der Waals surface area contributed by atoms with Gasteiger partial charge in [-0.15, -0.1) is 0 Å². The summed E-state index contributed by atoms with van der Waals surface area (Å²) < 4.78 is 39.7. The van der Waals surface area contributed by atoms with Gasteiger partial charge in [0.15, 0.2) is 0 Å². The standard InChI is InChI=1S/C24H22ClF3N4O2/c1-16-5-2-3-8-21(16)31-22(33)29-13-14-32(20-7-4-6-17(15-20)24(26,27)28)23(34)30-19-11-9-18(25)10-12-19/h2-12,15H,13-14H2,1H3,(H,30,34)(H2,29,31,33). The van der Waals surface area contributed by atoms with Gasteiger partial charge in [0.1, 0.15) is 0 Å². The Labute approximate surface area is 199 Å². The fraction of sp³-hybridized carbons (Fsp3) is 0.167. The molecule has 34 heavy (non-hydrogen) atoms. The number of anilines is 3. The molecule has 3 aromatic rings. The lowest BCUT2D eigenvalue weighted by atomic mass is 10.2. The molecule has 0 aliphatic carbocycles. The minimum Gasteiger partial charge on any atom is -0.336 e. The Balaban J connectivity index is 1.73. The van der Waals surface area contributed by atoms with Crippen LogP contribution in [0.25, 0.3) is 0 Å². The summed E-state index contributed by atoms with van der Waals surface area (Å²) in [5.41, 5.74) is 1.04. The molecule has 0 bridgehead atoms. The van der Waals surface area contributed by atoms with E-state index < -0.39 is 23.8 Å². The normalized spacial score (nSPS) is 11.0. The van der Waals surface area contributed by atoms with Gasteiger partial charge in [0, 0.05) is 35.2 Å². The molecule has 10 heteroatoms. The largest absolute Gasteiger partial charge is 0.416 e. The zero-order valence-corrected chi connectivity index (χ0v) is 18.9. The Morgan fingerprint density at radius 1 is 0.941 bits per heavy atom. The van der Waals surface area contributed by atoms with Crippen LogP contribution in [-0.4, -0.2) is 25.2 Å². The maximum atomic E-state index is 13.2. The van der Waals surface area contributed by atoms with E-state index in [1.165, 1.54) is 12.1 Å². The van der Waals surface area contributed by atoms with Gasteiger partial charge in [-0.25, -0.2) is 9.59 Å². The van der Waals surface area contributed by atoms with Crippen LogP contribution in [0.3, 0.4) is 0 Å². The van der Waals surface area contributed by atoms with Crippen molar-refractivity contribution in [1.82, 2.24) is 5.32 Å². The highest BCUT2D eigenvalue weighted by atomic mass is 35.5. The first kappa shape index (κ1) is 24.9. The lowest BCUT2D eigenvalue weighted by Crippen LogP contribution is -2.42.